The van der Waals surface area contributed by atoms with Gasteiger partial charge in [0.2, 0.25) is 0 Å². The Bertz CT molecular complexity index is 661. The van der Waals surface area contributed by atoms with Crippen molar-refractivity contribution in [3.8, 4) is 0 Å². The third kappa shape index (κ3) is 5.61. The summed E-state index contributed by atoms with van der Waals surface area (Å²) in [5.41, 5.74) is 0.297. The predicted molar refractivity (Wildman–Crippen MR) is 125 cm³/mol. The number of ether oxygens (including phenoxy) is 2. The fraction of sp³-hybridized carbons (Fsp3) is 0.850. The number of aliphatic imine (C=N–C) groups is 1. The average molecular weight is 520 g/mol. The van der Waals surface area contributed by atoms with Gasteiger partial charge in [0.1, 0.15) is 12.4 Å². The summed E-state index contributed by atoms with van der Waals surface area (Å²) in [6.45, 7) is 9.71. The van der Waals surface area contributed by atoms with Crippen LogP contribution in [0.3, 0.4) is 0 Å². The summed E-state index contributed by atoms with van der Waals surface area (Å²) in [5.74, 6) is 2.62. The summed E-state index contributed by atoms with van der Waals surface area (Å²) in [5, 5.41) is 15.5. The Morgan fingerprint density at radius 2 is 2.07 bits per heavy atom. The van der Waals surface area contributed by atoms with Gasteiger partial charge in [-0.05, 0) is 46.5 Å². The van der Waals surface area contributed by atoms with E-state index in [9.17, 15) is 0 Å². The second kappa shape index (κ2) is 11.5. The van der Waals surface area contributed by atoms with Crippen molar-refractivity contribution in [3.05, 3.63) is 11.6 Å². The lowest BCUT2D eigenvalue weighted by atomic mass is 9.51. The van der Waals surface area contributed by atoms with Crippen molar-refractivity contribution in [3.63, 3.8) is 0 Å². The van der Waals surface area contributed by atoms with Crippen LogP contribution in [-0.2, 0) is 23.1 Å². The molecule has 0 amide bonds. The first-order valence-electron chi connectivity index (χ1n) is 10.7. The zero-order valence-corrected chi connectivity index (χ0v) is 20.6. The highest BCUT2D eigenvalue weighted by molar-refractivity contribution is 14.0. The van der Waals surface area contributed by atoms with Gasteiger partial charge in [-0.1, -0.05) is 6.42 Å². The van der Waals surface area contributed by atoms with Gasteiger partial charge < -0.3 is 24.7 Å². The maximum atomic E-state index is 5.98. The summed E-state index contributed by atoms with van der Waals surface area (Å²) in [7, 11) is 1.98. The van der Waals surface area contributed by atoms with Gasteiger partial charge in [0.05, 0.1) is 6.10 Å². The lowest BCUT2D eigenvalue weighted by molar-refractivity contribution is -0.168. The van der Waals surface area contributed by atoms with Crippen molar-refractivity contribution in [2.75, 3.05) is 26.4 Å². The third-order valence-electron chi connectivity index (χ3n) is 6.27. The van der Waals surface area contributed by atoms with Crippen LogP contribution in [0.25, 0.3) is 0 Å². The van der Waals surface area contributed by atoms with Gasteiger partial charge in [-0.25, -0.2) is 4.99 Å². The minimum absolute atomic E-state index is 0. The number of halogens is 1. The molecule has 2 atom stereocenters. The predicted octanol–water partition coefficient (Wildman–Crippen LogP) is 2.55. The van der Waals surface area contributed by atoms with Gasteiger partial charge in [0.15, 0.2) is 11.8 Å². The Balaban J connectivity index is 0.00000300. The first kappa shape index (κ1) is 24.3. The Morgan fingerprint density at radius 1 is 1.28 bits per heavy atom. The molecule has 2 N–H and O–H groups in total. The van der Waals surface area contributed by atoms with Crippen LogP contribution in [0.15, 0.2) is 4.99 Å². The molecule has 0 aromatic carbocycles. The van der Waals surface area contributed by atoms with E-state index >= 15 is 0 Å². The highest BCUT2D eigenvalue weighted by Gasteiger charge is 2.59. The molecule has 3 rings (SSSR count). The molecular weight excluding hydrogens is 483 g/mol. The highest BCUT2D eigenvalue weighted by atomic mass is 127. The van der Waals surface area contributed by atoms with Crippen LogP contribution in [-0.4, -0.2) is 59.2 Å². The molecule has 8 nitrogen and oxygen atoms in total. The zero-order chi connectivity index (χ0) is 20.0. The molecule has 0 bridgehead atoms. The number of aromatic nitrogens is 3. The Hall–Kier alpha value is -0.940. The molecule has 2 aliphatic rings. The van der Waals surface area contributed by atoms with E-state index in [1.165, 1.54) is 19.3 Å². The number of rotatable bonds is 10. The first-order chi connectivity index (χ1) is 13.6. The Kier molecular flexibility index (Phi) is 9.61. The quantitative estimate of drug-likeness (QED) is 0.214. The molecule has 2 saturated carbocycles. The monoisotopic (exact) mass is 520 g/mol. The number of nitrogens with one attached hydrogen (secondary N) is 2. The average Bonchev–Trinajstić information content (AvgIpc) is 2.95. The van der Waals surface area contributed by atoms with Crippen molar-refractivity contribution < 1.29 is 9.47 Å². The largest absolute Gasteiger partial charge is 0.382 e. The van der Waals surface area contributed by atoms with Crippen molar-refractivity contribution >= 4 is 29.9 Å². The minimum atomic E-state index is 0. The number of nitrogens with zero attached hydrogens (tertiary/aromatic N) is 4. The molecule has 2 unspecified atom stereocenters. The van der Waals surface area contributed by atoms with Gasteiger partial charge in [0.25, 0.3) is 0 Å². The second-order valence-electron chi connectivity index (χ2n) is 7.83. The number of aryl methyl sites for hydroxylation is 1. The van der Waals surface area contributed by atoms with Gasteiger partial charge >= 0.3 is 0 Å². The minimum Gasteiger partial charge on any atom is -0.382 e. The molecule has 1 spiro atoms. The molecule has 1 aromatic rings. The zero-order valence-electron chi connectivity index (χ0n) is 18.2. The maximum absolute atomic E-state index is 5.98. The van der Waals surface area contributed by atoms with E-state index in [-0.39, 0.29) is 24.0 Å². The van der Waals surface area contributed by atoms with Crippen LogP contribution in [0.5, 0.6) is 0 Å². The smallest absolute Gasteiger partial charge is 0.191 e. The molecule has 0 radical (unpaired) electrons. The van der Waals surface area contributed by atoms with Crippen molar-refractivity contribution in [2.24, 2.45) is 17.5 Å². The lowest BCUT2D eigenvalue weighted by Gasteiger charge is -2.61. The van der Waals surface area contributed by atoms with Gasteiger partial charge in [-0.3, -0.25) is 0 Å². The number of hydrogen-bond acceptors (Lipinski definition) is 5. The van der Waals surface area contributed by atoms with Crippen LogP contribution in [0, 0.1) is 12.3 Å². The lowest BCUT2D eigenvalue weighted by Crippen LogP contribution is -2.68. The van der Waals surface area contributed by atoms with Gasteiger partial charge in [-0.15, -0.1) is 34.2 Å². The second-order valence-corrected chi connectivity index (χ2v) is 7.83. The third-order valence-corrected chi connectivity index (χ3v) is 6.27. The summed E-state index contributed by atoms with van der Waals surface area (Å²) < 4.78 is 13.4. The van der Waals surface area contributed by atoms with E-state index in [4.69, 9.17) is 14.5 Å². The van der Waals surface area contributed by atoms with E-state index in [1.807, 2.05) is 25.5 Å². The fourth-order valence-corrected chi connectivity index (χ4v) is 4.22. The maximum Gasteiger partial charge on any atom is 0.191 e. The van der Waals surface area contributed by atoms with E-state index < -0.39 is 0 Å². The van der Waals surface area contributed by atoms with Crippen molar-refractivity contribution in [2.45, 2.75) is 71.6 Å². The molecule has 0 aliphatic heterocycles. The van der Waals surface area contributed by atoms with Gasteiger partial charge in [0, 0.05) is 44.9 Å². The van der Waals surface area contributed by atoms with E-state index in [0.717, 1.165) is 56.8 Å². The molecule has 2 aliphatic carbocycles. The SMILES string of the molecule is CCOCCCNC(=NCc1nnc(C)n1C)NC1CC(OCC)C12CCC2.I. The molecule has 166 valence electrons. The topological polar surface area (TPSA) is 85.6 Å². The standard InChI is InChI=1S/C20H36N6O2.HI/c1-5-27-12-8-11-21-19(22-14-18-25-24-15(3)26(18)4)23-16-13-17(28-6-2)20(16)9-7-10-20;/h16-17H,5-14H2,1-4H3,(H2,21,22,23);1H. The summed E-state index contributed by atoms with van der Waals surface area (Å²) >= 11 is 0. The van der Waals surface area contributed by atoms with E-state index in [1.54, 1.807) is 0 Å². The van der Waals surface area contributed by atoms with Gasteiger partial charge in [-0.2, -0.15) is 0 Å². The van der Waals surface area contributed by atoms with E-state index in [2.05, 4.69) is 27.8 Å². The molecule has 0 saturated heterocycles. The van der Waals surface area contributed by atoms with Crippen molar-refractivity contribution in [1.29, 1.82) is 0 Å². The molecule has 1 heterocycles. The Labute approximate surface area is 191 Å². The first-order valence-corrected chi connectivity index (χ1v) is 10.7. The van der Waals surface area contributed by atoms with Crippen LogP contribution >= 0.6 is 24.0 Å². The normalized spacial score (nSPS) is 22.6. The molecule has 9 heteroatoms. The summed E-state index contributed by atoms with van der Waals surface area (Å²) in [6.07, 6.45) is 6.19. The van der Waals surface area contributed by atoms with Crippen LogP contribution in [0.1, 0.15) is 57.6 Å². The fourth-order valence-electron chi connectivity index (χ4n) is 4.22. The Morgan fingerprint density at radius 3 is 2.66 bits per heavy atom. The summed E-state index contributed by atoms with van der Waals surface area (Å²) in [6, 6.07) is 0.428. The van der Waals surface area contributed by atoms with Crippen LogP contribution < -0.4 is 10.6 Å². The van der Waals surface area contributed by atoms with Crippen molar-refractivity contribution in [1.82, 2.24) is 25.4 Å². The number of guanidine groups is 1. The highest BCUT2D eigenvalue weighted by Crippen LogP contribution is 2.57. The molecular formula is C20H37IN6O2. The summed E-state index contributed by atoms with van der Waals surface area (Å²) in [4.78, 5) is 4.79. The molecule has 2 fully saturated rings. The van der Waals surface area contributed by atoms with E-state index in [0.29, 0.717) is 24.1 Å². The number of hydrogen-bond donors (Lipinski definition) is 2. The molecule has 29 heavy (non-hydrogen) atoms. The van der Waals surface area contributed by atoms with Crippen LogP contribution in [0.4, 0.5) is 0 Å². The van der Waals surface area contributed by atoms with Crippen LogP contribution in [0.2, 0.25) is 0 Å². The molecule has 1 aromatic heterocycles.